The van der Waals surface area contributed by atoms with E-state index in [2.05, 4.69) is 10.3 Å². The van der Waals surface area contributed by atoms with Crippen LogP contribution in [0.15, 0.2) is 10.9 Å². The van der Waals surface area contributed by atoms with Crippen molar-refractivity contribution in [1.29, 1.82) is 0 Å². The van der Waals surface area contributed by atoms with E-state index in [1.807, 2.05) is 27.7 Å². The predicted octanol–water partition coefficient (Wildman–Crippen LogP) is 0.699. The van der Waals surface area contributed by atoms with E-state index >= 15 is 0 Å². The molecule has 1 fully saturated rings. The number of aromatic nitrogens is 1. The number of carbonyl (C=O) groups is 2. The molecule has 9 nitrogen and oxygen atoms in total. The molecule has 2 aliphatic rings. The number of ketones is 1. The van der Waals surface area contributed by atoms with E-state index < -0.39 is 21.5 Å². The van der Waals surface area contributed by atoms with E-state index in [4.69, 9.17) is 4.74 Å². The summed E-state index contributed by atoms with van der Waals surface area (Å²) in [5.41, 5.74) is -0.137. The highest BCUT2D eigenvalue weighted by Crippen LogP contribution is 2.33. The molecule has 166 valence electrons. The molecule has 1 aliphatic carbocycles. The molecular weight excluding hydrogens is 410 g/mol. The van der Waals surface area contributed by atoms with Gasteiger partial charge in [0.2, 0.25) is 10.0 Å². The fourth-order valence-electron chi connectivity index (χ4n) is 4.07. The highest BCUT2D eigenvalue weighted by molar-refractivity contribution is 7.89. The third-order valence-electron chi connectivity index (χ3n) is 5.39. The Balaban J connectivity index is 1.66. The van der Waals surface area contributed by atoms with Crippen molar-refractivity contribution in [3.8, 4) is 0 Å². The number of carbonyl (C=O) groups excluding carboxylic acids is 2. The van der Waals surface area contributed by atoms with Gasteiger partial charge in [-0.05, 0) is 31.7 Å². The normalized spacial score (nSPS) is 24.3. The number of hydrogen-bond acceptors (Lipinski definition) is 6. The average molecular weight is 440 g/mol. The minimum Gasteiger partial charge on any atom is -0.373 e. The van der Waals surface area contributed by atoms with E-state index in [1.54, 1.807) is 0 Å². The molecule has 1 aliphatic heterocycles. The molecule has 0 radical (unpaired) electrons. The summed E-state index contributed by atoms with van der Waals surface area (Å²) >= 11 is 0. The van der Waals surface area contributed by atoms with Crippen LogP contribution in [0, 0.1) is 5.41 Å². The molecule has 30 heavy (non-hydrogen) atoms. The van der Waals surface area contributed by atoms with Gasteiger partial charge in [-0.1, -0.05) is 13.8 Å². The van der Waals surface area contributed by atoms with Gasteiger partial charge in [-0.15, -0.1) is 0 Å². The van der Waals surface area contributed by atoms with Gasteiger partial charge in [0.25, 0.3) is 11.5 Å². The number of fused-ring (bicyclic) bond motifs is 1. The first-order valence-corrected chi connectivity index (χ1v) is 11.7. The number of nitrogens with one attached hydrogen (secondary N) is 2. The van der Waals surface area contributed by atoms with Crippen molar-refractivity contribution in [3.63, 3.8) is 0 Å². The van der Waals surface area contributed by atoms with Gasteiger partial charge >= 0.3 is 0 Å². The number of aromatic amines is 1. The van der Waals surface area contributed by atoms with Crippen molar-refractivity contribution in [2.75, 3.05) is 25.4 Å². The third-order valence-corrected chi connectivity index (χ3v) is 7.19. The quantitative estimate of drug-likeness (QED) is 0.696. The van der Waals surface area contributed by atoms with Crippen LogP contribution >= 0.6 is 0 Å². The highest BCUT2D eigenvalue weighted by Gasteiger charge is 2.33. The van der Waals surface area contributed by atoms with Crippen molar-refractivity contribution in [1.82, 2.24) is 14.6 Å². The van der Waals surface area contributed by atoms with Crippen LogP contribution in [0.1, 0.15) is 60.5 Å². The van der Waals surface area contributed by atoms with Gasteiger partial charge in [-0.3, -0.25) is 14.4 Å². The summed E-state index contributed by atoms with van der Waals surface area (Å²) in [6.45, 7) is 7.91. The van der Waals surface area contributed by atoms with Crippen LogP contribution in [-0.2, 0) is 21.2 Å². The van der Waals surface area contributed by atoms with Gasteiger partial charge in [-0.25, -0.2) is 8.42 Å². The first-order chi connectivity index (χ1) is 13.9. The van der Waals surface area contributed by atoms with Gasteiger partial charge in [0.05, 0.1) is 18.0 Å². The van der Waals surface area contributed by atoms with Crippen molar-refractivity contribution in [3.05, 3.63) is 33.2 Å². The molecule has 0 aromatic carbocycles. The molecular formula is C20H29N3O6S. The molecule has 1 aromatic heterocycles. The summed E-state index contributed by atoms with van der Waals surface area (Å²) < 4.78 is 32.0. The number of H-pyrrole nitrogens is 1. The largest absolute Gasteiger partial charge is 0.373 e. The third kappa shape index (κ3) is 4.98. The van der Waals surface area contributed by atoms with Crippen LogP contribution in [-0.4, -0.2) is 67.0 Å². The number of Topliss-reactive ketones (excluding diaryl/α,β-unsaturated/α-hetero) is 1. The Morgan fingerprint density at radius 1 is 1.23 bits per heavy atom. The summed E-state index contributed by atoms with van der Waals surface area (Å²) in [4.78, 5) is 39.9. The zero-order chi connectivity index (χ0) is 22.3. The molecule has 0 bridgehead atoms. The van der Waals surface area contributed by atoms with Crippen LogP contribution in [0.4, 0.5) is 0 Å². The Labute approximate surface area is 176 Å². The smallest absolute Gasteiger partial charge is 0.261 e. The Morgan fingerprint density at radius 2 is 1.87 bits per heavy atom. The summed E-state index contributed by atoms with van der Waals surface area (Å²) in [5, 5.41) is 2.49. The number of morpholine rings is 1. The van der Waals surface area contributed by atoms with Crippen LogP contribution in [0.2, 0.25) is 0 Å². The Hall–Kier alpha value is -2.04. The molecule has 10 heteroatoms. The molecule has 0 saturated carbocycles. The number of amides is 1. The standard InChI is InChI=1S/C20H29N3O6S/c1-12-10-23(11-13(2)29-12)30(27,28)6-5-21-18(25)15-7-14-16(22-19(15)26)8-20(3,4)9-17(14)24/h7,12-13H,5-6,8-11H2,1-4H3,(H,21,25)(H,22,26). The maximum atomic E-state index is 12.6. The second kappa shape index (κ2) is 8.24. The topological polar surface area (TPSA) is 126 Å². The zero-order valence-electron chi connectivity index (χ0n) is 17.8. The fourth-order valence-corrected chi connectivity index (χ4v) is 5.56. The van der Waals surface area contributed by atoms with Gasteiger partial charge in [-0.2, -0.15) is 4.31 Å². The maximum absolute atomic E-state index is 12.6. The second-order valence-electron chi connectivity index (χ2n) is 8.99. The van der Waals surface area contributed by atoms with Crippen molar-refractivity contribution in [2.24, 2.45) is 5.41 Å². The minimum absolute atomic E-state index is 0.121. The zero-order valence-corrected chi connectivity index (χ0v) is 18.6. The Bertz CT molecular complexity index is 1000. The number of pyridine rings is 1. The lowest BCUT2D eigenvalue weighted by Gasteiger charge is -2.34. The number of nitrogens with zero attached hydrogens (tertiary/aromatic N) is 1. The molecule has 2 N–H and O–H groups in total. The van der Waals surface area contributed by atoms with Crippen molar-refractivity contribution in [2.45, 2.75) is 52.7 Å². The monoisotopic (exact) mass is 439 g/mol. The van der Waals surface area contributed by atoms with Crippen LogP contribution in [0.3, 0.4) is 0 Å². The summed E-state index contributed by atoms with van der Waals surface area (Å²) in [6.07, 6.45) is 0.478. The predicted molar refractivity (Wildman–Crippen MR) is 111 cm³/mol. The summed E-state index contributed by atoms with van der Waals surface area (Å²) in [6, 6.07) is 1.32. The van der Waals surface area contributed by atoms with Gasteiger partial charge < -0.3 is 15.0 Å². The maximum Gasteiger partial charge on any atom is 0.261 e. The van der Waals surface area contributed by atoms with E-state index in [-0.39, 0.29) is 54.4 Å². The average Bonchev–Trinajstić information content (AvgIpc) is 2.59. The number of ether oxygens (including phenoxy) is 1. The minimum atomic E-state index is -3.57. The molecule has 1 aromatic rings. The van der Waals surface area contributed by atoms with Crippen LogP contribution in [0.25, 0.3) is 0 Å². The Kier molecular flexibility index (Phi) is 6.22. The molecule has 1 saturated heterocycles. The van der Waals surface area contributed by atoms with E-state index in [9.17, 15) is 22.8 Å². The molecule has 1 amide bonds. The van der Waals surface area contributed by atoms with E-state index in [1.165, 1.54) is 10.4 Å². The first-order valence-electron chi connectivity index (χ1n) is 10.1. The molecule has 2 unspecified atom stereocenters. The lowest BCUT2D eigenvalue weighted by Crippen LogP contribution is -2.49. The highest BCUT2D eigenvalue weighted by atomic mass is 32.2. The molecule has 2 atom stereocenters. The van der Waals surface area contributed by atoms with Crippen molar-refractivity contribution >= 4 is 21.7 Å². The Morgan fingerprint density at radius 3 is 2.50 bits per heavy atom. The van der Waals surface area contributed by atoms with Crippen LogP contribution < -0.4 is 10.9 Å². The van der Waals surface area contributed by atoms with Gasteiger partial charge in [0.15, 0.2) is 5.78 Å². The number of hydrogen-bond donors (Lipinski definition) is 2. The van der Waals surface area contributed by atoms with Crippen LogP contribution in [0.5, 0.6) is 0 Å². The van der Waals surface area contributed by atoms with Gasteiger partial charge in [0.1, 0.15) is 5.56 Å². The van der Waals surface area contributed by atoms with E-state index in [0.717, 1.165) is 0 Å². The molecule has 3 rings (SSSR count). The lowest BCUT2D eigenvalue weighted by molar-refractivity contribution is -0.0440. The molecule has 0 spiro atoms. The van der Waals surface area contributed by atoms with Crippen molar-refractivity contribution < 1.29 is 22.7 Å². The number of sulfonamides is 1. The summed E-state index contributed by atoms with van der Waals surface area (Å²) in [7, 11) is -3.57. The SMILES string of the molecule is CC1CN(S(=O)(=O)CCNC(=O)c2cc3c([nH]c2=O)CC(C)(C)CC3=O)CC(C)O1. The first kappa shape index (κ1) is 22.6. The fraction of sp³-hybridized carbons (Fsp3) is 0.650. The second-order valence-corrected chi connectivity index (χ2v) is 11.1. The van der Waals surface area contributed by atoms with E-state index in [0.29, 0.717) is 24.1 Å². The van der Waals surface area contributed by atoms with Gasteiger partial charge in [0, 0.05) is 37.3 Å². The lowest BCUT2D eigenvalue weighted by atomic mass is 9.75. The summed E-state index contributed by atoms with van der Waals surface area (Å²) in [5.74, 6) is -1.10. The molecule has 2 heterocycles. The number of rotatable bonds is 5.